The summed E-state index contributed by atoms with van der Waals surface area (Å²) in [6.45, 7) is 0. The number of nitrogens with zero attached hydrogens (tertiary/aromatic N) is 2. The first kappa shape index (κ1) is 14.7. The van der Waals surface area contributed by atoms with Gasteiger partial charge < -0.3 is 11.1 Å². The van der Waals surface area contributed by atoms with Crippen LogP contribution in [0, 0.1) is 0 Å². The zero-order chi connectivity index (χ0) is 14.9. The average molecular weight is 323 g/mol. The number of alkyl halides is 3. The van der Waals surface area contributed by atoms with Gasteiger partial charge in [0.1, 0.15) is 11.6 Å². The Balaban J connectivity index is 2.36. The van der Waals surface area contributed by atoms with Gasteiger partial charge in [-0.25, -0.2) is 9.97 Å². The molecule has 0 fully saturated rings. The van der Waals surface area contributed by atoms with E-state index in [1.807, 2.05) is 0 Å². The van der Waals surface area contributed by atoms with Crippen LogP contribution in [0.5, 0.6) is 0 Å². The van der Waals surface area contributed by atoms with Crippen molar-refractivity contribution in [2.45, 2.75) is 6.18 Å². The third-order valence-electron chi connectivity index (χ3n) is 2.13. The molecule has 9 heteroatoms. The van der Waals surface area contributed by atoms with Gasteiger partial charge in [0.15, 0.2) is 0 Å². The van der Waals surface area contributed by atoms with E-state index in [-0.39, 0.29) is 11.6 Å². The highest BCUT2D eigenvalue weighted by Crippen LogP contribution is 2.29. The Hall–Kier alpha value is -1.73. The lowest BCUT2D eigenvalue weighted by Gasteiger charge is -2.10. The molecule has 0 unspecified atom stereocenters. The highest BCUT2D eigenvalue weighted by Gasteiger charge is 2.35. The number of nitrogens with one attached hydrogen (secondary N) is 1. The van der Waals surface area contributed by atoms with Crippen molar-refractivity contribution in [3.05, 3.63) is 40.1 Å². The third kappa shape index (κ3) is 3.64. The number of halogens is 5. The molecule has 0 bridgehead atoms. The highest BCUT2D eigenvalue weighted by molar-refractivity contribution is 6.35. The van der Waals surface area contributed by atoms with E-state index in [1.165, 1.54) is 24.3 Å². The summed E-state index contributed by atoms with van der Waals surface area (Å²) in [6, 6.07) is 5.63. The third-order valence-corrected chi connectivity index (χ3v) is 2.57. The van der Waals surface area contributed by atoms with Crippen molar-refractivity contribution in [1.29, 1.82) is 0 Å². The fourth-order valence-electron chi connectivity index (χ4n) is 1.43. The molecule has 0 saturated carbocycles. The van der Waals surface area contributed by atoms with Gasteiger partial charge in [-0.1, -0.05) is 23.2 Å². The molecule has 3 N–H and O–H groups in total. The van der Waals surface area contributed by atoms with Gasteiger partial charge >= 0.3 is 6.18 Å². The topological polar surface area (TPSA) is 63.8 Å². The van der Waals surface area contributed by atoms with Gasteiger partial charge in [-0.2, -0.15) is 13.2 Å². The Kier molecular flexibility index (Phi) is 3.92. The number of hydrogen-bond acceptors (Lipinski definition) is 4. The summed E-state index contributed by atoms with van der Waals surface area (Å²) in [5.74, 6) is -1.74. The fraction of sp³-hybridized carbons (Fsp3) is 0.0909. The van der Waals surface area contributed by atoms with Gasteiger partial charge in [0, 0.05) is 21.8 Å². The Bertz CT molecular complexity index is 626. The Morgan fingerprint density at radius 2 is 1.60 bits per heavy atom. The van der Waals surface area contributed by atoms with E-state index in [0.717, 1.165) is 0 Å². The van der Waals surface area contributed by atoms with E-state index < -0.39 is 12.0 Å². The van der Waals surface area contributed by atoms with Crippen molar-refractivity contribution in [3.8, 4) is 0 Å². The van der Waals surface area contributed by atoms with Crippen LogP contribution < -0.4 is 11.1 Å². The van der Waals surface area contributed by atoms with Crippen LogP contribution in [-0.4, -0.2) is 9.97 Å². The summed E-state index contributed by atoms with van der Waals surface area (Å²) in [6.07, 6.45) is -4.68. The maximum absolute atomic E-state index is 12.6. The van der Waals surface area contributed by atoms with Crippen LogP contribution in [0.2, 0.25) is 10.0 Å². The van der Waals surface area contributed by atoms with E-state index in [9.17, 15) is 13.2 Å². The predicted molar refractivity (Wildman–Crippen MR) is 71.2 cm³/mol. The highest BCUT2D eigenvalue weighted by atomic mass is 35.5. The first-order valence-corrected chi connectivity index (χ1v) is 5.94. The molecule has 1 aromatic carbocycles. The normalized spacial score (nSPS) is 11.4. The van der Waals surface area contributed by atoms with Gasteiger partial charge in [-0.05, 0) is 18.2 Å². The number of rotatable bonds is 2. The molecule has 0 spiro atoms. The van der Waals surface area contributed by atoms with Crippen LogP contribution in [0.1, 0.15) is 5.82 Å². The van der Waals surface area contributed by atoms with Gasteiger partial charge in [-0.15, -0.1) is 0 Å². The van der Waals surface area contributed by atoms with Crippen molar-refractivity contribution in [2.24, 2.45) is 0 Å². The summed E-state index contributed by atoms with van der Waals surface area (Å²) in [5.41, 5.74) is 5.71. The standard InChI is InChI=1S/C11H7Cl2F3N4/c12-5-1-6(13)3-7(2-5)18-9-4-8(17)19-10(20-9)11(14,15)16/h1-4H,(H3,17,18,19,20). The van der Waals surface area contributed by atoms with Crippen molar-refractivity contribution < 1.29 is 13.2 Å². The molecule has 1 aromatic heterocycles. The van der Waals surface area contributed by atoms with Crippen LogP contribution >= 0.6 is 23.2 Å². The molecular formula is C11H7Cl2F3N4. The Morgan fingerprint density at radius 3 is 2.15 bits per heavy atom. The molecule has 0 radical (unpaired) electrons. The monoisotopic (exact) mass is 322 g/mol. The van der Waals surface area contributed by atoms with Crippen molar-refractivity contribution in [2.75, 3.05) is 11.1 Å². The first-order chi connectivity index (χ1) is 9.24. The van der Waals surface area contributed by atoms with E-state index in [4.69, 9.17) is 28.9 Å². The minimum absolute atomic E-state index is 0.108. The average Bonchev–Trinajstić information content (AvgIpc) is 2.25. The van der Waals surface area contributed by atoms with E-state index in [2.05, 4.69) is 15.3 Å². The number of hydrogen-bond donors (Lipinski definition) is 2. The summed E-state index contributed by atoms with van der Waals surface area (Å²) < 4.78 is 37.7. The SMILES string of the molecule is Nc1cc(Nc2cc(Cl)cc(Cl)c2)nc(C(F)(F)F)n1. The minimum Gasteiger partial charge on any atom is -0.384 e. The quantitative estimate of drug-likeness (QED) is 0.872. The molecule has 0 saturated heterocycles. The minimum atomic E-state index is -4.68. The molecule has 0 amide bonds. The second-order valence-electron chi connectivity index (χ2n) is 3.78. The van der Waals surface area contributed by atoms with Crippen LogP contribution in [0.3, 0.4) is 0 Å². The second-order valence-corrected chi connectivity index (χ2v) is 4.66. The molecule has 1 heterocycles. The molecule has 0 aliphatic carbocycles. The van der Waals surface area contributed by atoms with Crippen LogP contribution in [0.25, 0.3) is 0 Å². The molecule has 0 aliphatic heterocycles. The zero-order valence-electron chi connectivity index (χ0n) is 9.67. The number of benzene rings is 1. The summed E-state index contributed by atoms with van der Waals surface area (Å²) >= 11 is 11.6. The van der Waals surface area contributed by atoms with E-state index in [0.29, 0.717) is 15.7 Å². The lowest BCUT2D eigenvalue weighted by molar-refractivity contribution is -0.144. The molecule has 20 heavy (non-hydrogen) atoms. The molecular weight excluding hydrogens is 316 g/mol. The summed E-state index contributed by atoms with van der Waals surface area (Å²) in [7, 11) is 0. The van der Waals surface area contributed by atoms with Crippen molar-refractivity contribution in [3.63, 3.8) is 0 Å². The number of nitrogen functional groups attached to an aromatic ring is 1. The second kappa shape index (κ2) is 5.34. The number of nitrogens with two attached hydrogens (primary N) is 1. The predicted octanol–water partition coefficient (Wildman–Crippen LogP) is 4.13. The lowest BCUT2D eigenvalue weighted by Crippen LogP contribution is -2.13. The van der Waals surface area contributed by atoms with E-state index >= 15 is 0 Å². The summed E-state index contributed by atoms with van der Waals surface area (Å²) in [4.78, 5) is 6.48. The van der Waals surface area contributed by atoms with Crippen molar-refractivity contribution in [1.82, 2.24) is 9.97 Å². The summed E-state index contributed by atoms with van der Waals surface area (Å²) in [5, 5.41) is 3.30. The Labute approximate surface area is 121 Å². The molecule has 2 rings (SSSR count). The molecule has 4 nitrogen and oxygen atoms in total. The van der Waals surface area contributed by atoms with Crippen molar-refractivity contribution >= 4 is 40.5 Å². The van der Waals surface area contributed by atoms with Gasteiger partial charge in [0.05, 0.1) is 0 Å². The maximum atomic E-state index is 12.6. The number of anilines is 3. The van der Waals surface area contributed by atoms with Crippen LogP contribution in [-0.2, 0) is 6.18 Å². The lowest BCUT2D eigenvalue weighted by atomic mass is 10.3. The van der Waals surface area contributed by atoms with E-state index in [1.54, 1.807) is 0 Å². The zero-order valence-corrected chi connectivity index (χ0v) is 11.2. The first-order valence-electron chi connectivity index (χ1n) is 5.19. The van der Waals surface area contributed by atoms with Gasteiger partial charge in [0.25, 0.3) is 0 Å². The molecule has 106 valence electrons. The number of aromatic nitrogens is 2. The molecule has 0 atom stereocenters. The largest absolute Gasteiger partial charge is 0.451 e. The maximum Gasteiger partial charge on any atom is 0.451 e. The molecule has 2 aromatic rings. The molecule has 0 aliphatic rings. The van der Waals surface area contributed by atoms with Crippen LogP contribution in [0.4, 0.5) is 30.5 Å². The Morgan fingerprint density at radius 1 is 1.00 bits per heavy atom. The van der Waals surface area contributed by atoms with Crippen LogP contribution in [0.15, 0.2) is 24.3 Å². The smallest absolute Gasteiger partial charge is 0.384 e. The van der Waals surface area contributed by atoms with Gasteiger partial charge in [-0.3, -0.25) is 0 Å². The fourth-order valence-corrected chi connectivity index (χ4v) is 1.96. The van der Waals surface area contributed by atoms with Gasteiger partial charge in [0.2, 0.25) is 5.82 Å².